The number of H-pyrrole nitrogens is 1. The van der Waals surface area contributed by atoms with E-state index in [0.29, 0.717) is 66.7 Å². The van der Waals surface area contributed by atoms with E-state index in [1.54, 1.807) is 37.6 Å². The number of carboxylic acid groups (broad SMARTS) is 1. The van der Waals surface area contributed by atoms with E-state index in [2.05, 4.69) is 26.7 Å². The van der Waals surface area contributed by atoms with Gasteiger partial charge in [0.1, 0.15) is 11.5 Å². The summed E-state index contributed by atoms with van der Waals surface area (Å²) in [5, 5.41) is 17.1. The van der Waals surface area contributed by atoms with E-state index >= 15 is 0 Å². The van der Waals surface area contributed by atoms with Crippen LogP contribution in [0, 0.1) is 0 Å². The molecule has 174 valence electrons. The Morgan fingerprint density at radius 3 is 2.82 bits per heavy atom. The summed E-state index contributed by atoms with van der Waals surface area (Å²) < 4.78 is 11.6. The third kappa shape index (κ3) is 3.77. The zero-order chi connectivity index (χ0) is 23.8. The number of carbonyl (C=O) groups is 2. The molecule has 0 spiro atoms. The molecule has 0 unspecified atom stereocenters. The number of hydrogen-bond acceptors (Lipinski definition) is 7. The zero-order valence-electron chi connectivity index (χ0n) is 18.6. The minimum Gasteiger partial charge on any atom is -0.496 e. The number of carbonyl (C=O) groups excluding carboxylic acids is 1. The third-order valence-corrected chi connectivity index (χ3v) is 6.06. The van der Waals surface area contributed by atoms with Crippen molar-refractivity contribution < 1.29 is 24.2 Å². The molecule has 3 aromatic rings. The maximum absolute atomic E-state index is 13.1. The highest BCUT2D eigenvalue weighted by molar-refractivity contribution is 6.16. The van der Waals surface area contributed by atoms with Gasteiger partial charge < -0.3 is 19.5 Å². The van der Waals surface area contributed by atoms with Gasteiger partial charge in [-0.3, -0.25) is 14.8 Å². The van der Waals surface area contributed by atoms with Gasteiger partial charge in [-0.25, -0.2) is 9.78 Å². The van der Waals surface area contributed by atoms with Crippen LogP contribution in [0.3, 0.4) is 0 Å². The average Bonchev–Trinajstić information content (AvgIpc) is 3.39. The number of Topliss-reactive ketones (excluding diaryl/α,β-unsaturated/α-hetero) is 1. The highest BCUT2D eigenvalue weighted by Crippen LogP contribution is 2.43. The molecule has 10 nitrogen and oxygen atoms in total. The van der Waals surface area contributed by atoms with Crippen LogP contribution in [0.5, 0.6) is 11.5 Å². The Balaban J connectivity index is 1.43. The minimum absolute atomic E-state index is 0.157. The van der Waals surface area contributed by atoms with Crippen LogP contribution >= 0.6 is 0 Å². The van der Waals surface area contributed by atoms with Crippen LogP contribution in [0.25, 0.3) is 22.7 Å². The number of allylic oxidation sites excluding steroid dienone is 1. The van der Waals surface area contributed by atoms with Gasteiger partial charge in [-0.05, 0) is 29.8 Å². The predicted molar refractivity (Wildman–Crippen MR) is 125 cm³/mol. The molecule has 2 N–H and O–H groups in total. The summed E-state index contributed by atoms with van der Waals surface area (Å²) in [7, 11) is 1.56. The van der Waals surface area contributed by atoms with E-state index in [9.17, 15) is 9.59 Å². The SMILES string of the molecule is C=C(CN1CCN(C(=O)O)CC1)c1c(OC)ccc2c1OC(=Cc1n[nH]c3ncccc13)C2=O. The number of ketones is 1. The number of amides is 1. The first-order valence-electron chi connectivity index (χ1n) is 10.8. The second-order valence-electron chi connectivity index (χ2n) is 8.12. The number of aromatic amines is 1. The number of pyridine rings is 1. The zero-order valence-corrected chi connectivity index (χ0v) is 18.6. The van der Waals surface area contributed by atoms with Gasteiger partial charge in [-0.2, -0.15) is 5.10 Å². The maximum atomic E-state index is 13.1. The van der Waals surface area contributed by atoms with Crippen molar-refractivity contribution in [3.8, 4) is 11.5 Å². The molecule has 0 aliphatic carbocycles. The van der Waals surface area contributed by atoms with Crippen molar-refractivity contribution in [3.05, 3.63) is 59.6 Å². The molecule has 1 aromatic carbocycles. The van der Waals surface area contributed by atoms with Crippen LogP contribution in [0.1, 0.15) is 21.6 Å². The smallest absolute Gasteiger partial charge is 0.407 e. The Morgan fingerprint density at radius 1 is 1.29 bits per heavy atom. The molecular weight excluding hydrogens is 438 g/mol. The number of nitrogens with zero attached hydrogens (tertiary/aromatic N) is 4. The van der Waals surface area contributed by atoms with Gasteiger partial charge in [0.15, 0.2) is 11.4 Å². The number of methoxy groups -OCH3 is 1. The number of hydrogen-bond donors (Lipinski definition) is 2. The number of rotatable bonds is 5. The molecule has 1 saturated heterocycles. The standard InChI is InChI=1S/C24H23N5O5/c1-14(13-28-8-10-29(11-9-28)24(31)32)20-18(33-2)6-5-16-21(30)19(34-22(16)20)12-17-15-4-3-7-25-23(15)27-26-17/h3-7,12H,1,8-11,13H2,2H3,(H,31,32)(H,25,26,27). The lowest BCUT2D eigenvalue weighted by atomic mass is 9.99. The van der Waals surface area contributed by atoms with E-state index in [1.807, 2.05) is 6.07 Å². The second kappa shape index (κ2) is 8.64. The summed E-state index contributed by atoms with van der Waals surface area (Å²) in [6.45, 7) is 6.78. The Bertz CT molecular complexity index is 1340. The lowest BCUT2D eigenvalue weighted by molar-refractivity contribution is 0.101. The van der Waals surface area contributed by atoms with Crippen molar-refractivity contribution in [3.63, 3.8) is 0 Å². The van der Waals surface area contributed by atoms with Gasteiger partial charge in [0.2, 0.25) is 5.78 Å². The second-order valence-corrected chi connectivity index (χ2v) is 8.12. The molecule has 5 rings (SSSR count). The van der Waals surface area contributed by atoms with Crippen LogP contribution in [0.4, 0.5) is 4.79 Å². The monoisotopic (exact) mass is 461 g/mol. The molecule has 1 amide bonds. The van der Waals surface area contributed by atoms with Crippen molar-refractivity contribution in [2.75, 3.05) is 39.8 Å². The molecule has 0 radical (unpaired) electrons. The third-order valence-electron chi connectivity index (χ3n) is 6.06. The van der Waals surface area contributed by atoms with Gasteiger partial charge >= 0.3 is 6.09 Å². The normalized spacial score (nSPS) is 17.1. The summed E-state index contributed by atoms with van der Waals surface area (Å²) in [4.78, 5) is 32.0. The Morgan fingerprint density at radius 2 is 2.09 bits per heavy atom. The fourth-order valence-corrected chi connectivity index (χ4v) is 4.29. The lowest BCUT2D eigenvalue weighted by Gasteiger charge is -2.33. The molecule has 2 aliphatic rings. The van der Waals surface area contributed by atoms with Crippen molar-refractivity contribution in [2.24, 2.45) is 0 Å². The molecule has 10 heteroatoms. The fourth-order valence-electron chi connectivity index (χ4n) is 4.29. The minimum atomic E-state index is -0.910. The summed E-state index contributed by atoms with van der Waals surface area (Å²) in [5.41, 5.74) is 2.96. The van der Waals surface area contributed by atoms with Crippen LogP contribution < -0.4 is 9.47 Å². The molecule has 0 bridgehead atoms. The number of fused-ring (bicyclic) bond motifs is 2. The number of benzene rings is 1. The Hall–Kier alpha value is -4.18. The lowest BCUT2D eigenvalue weighted by Crippen LogP contribution is -2.48. The van der Waals surface area contributed by atoms with E-state index in [0.717, 1.165) is 11.0 Å². The van der Waals surface area contributed by atoms with E-state index in [1.165, 1.54) is 4.90 Å². The first-order valence-corrected chi connectivity index (χ1v) is 10.8. The molecule has 34 heavy (non-hydrogen) atoms. The van der Waals surface area contributed by atoms with Crippen molar-refractivity contribution in [1.82, 2.24) is 25.0 Å². The van der Waals surface area contributed by atoms with Crippen LogP contribution in [0.2, 0.25) is 0 Å². The summed E-state index contributed by atoms with van der Waals surface area (Å²) in [6.07, 6.45) is 2.36. The molecule has 2 aromatic heterocycles. The molecule has 0 atom stereocenters. The molecule has 4 heterocycles. The van der Waals surface area contributed by atoms with Crippen molar-refractivity contribution >= 4 is 34.6 Å². The van der Waals surface area contributed by atoms with Crippen LogP contribution in [0.15, 0.2) is 42.8 Å². The number of ether oxygens (including phenoxy) is 2. The first-order chi connectivity index (χ1) is 16.5. The van der Waals surface area contributed by atoms with Crippen molar-refractivity contribution in [1.29, 1.82) is 0 Å². The van der Waals surface area contributed by atoms with Gasteiger partial charge in [0.25, 0.3) is 0 Å². The van der Waals surface area contributed by atoms with Crippen LogP contribution in [-0.4, -0.2) is 81.8 Å². The number of piperazine rings is 1. The number of aromatic nitrogens is 3. The van der Waals surface area contributed by atoms with Gasteiger partial charge in [-0.1, -0.05) is 6.58 Å². The summed E-state index contributed by atoms with van der Waals surface area (Å²) in [5.74, 6) is 0.866. The Kier molecular flexibility index (Phi) is 5.50. The quantitative estimate of drug-likeness (QED) is 0.557. The number of nitrogens with one attached hydrogen (secondary N) is 1. The van der Waals surface area contributed by atoms with Gasteiger partial charge in [-0.15, -0.1) is 0 Å². The van der Waals surface area contributed by atoms with Gasteiger partial charge in [0.05, 0.1) is 23.9 Å². The molecule has 2 aliphatic heterocycles. The molecule has 0 saturated carbocycles. The average molecular weight is 461 g/mol. The summed E-state index contributed by atoms with van der Waals surface area (Å²) >= 11 is 0. The van der Waals surface area contributed by atoms with E-state index < -0.39 is 6.09 Å². The first kappa shape index (κ1) is 21.7. The molecule has 1 fully saturated rings. The van der Waals surface area contributed by atoms with Crippen LogP contribution in [-0.2, 0) is 0 Å². The van der Waals surface area contributed by atoms with Gasteiger partial charge in [0, 0.05) is 50.4 Å². The van der Waals surface area contributed by atoms with Crippen molar-refractivity contribution in [2.45, 2.75) is 0 Å². The largest absolute Gasteiger partial charge is 0.496 e. The summed E-state index contributed by atoms with van der Waals surface area (Å²) in [6, 6.07) is 7.09. The highest BCUT2D eigenvalue weighted by atomic mass is 16.5. The Labute approximate surface area is 195 Å². The van der Waals surface area contributed by atoms with E-state index in [-0.39, 0.29) is 11.5 Å². The predicted octanol–water partition coefficient (Wildman–Crippen LogP) is 2.89. The van der Waals surface area contributed by atoms with E-state index in [4.69, 9.17) is 14.6 Å². The highest BCUT2D eigenvalue weighted by Gasteiger charge is 2.33. The maximum Gasteiger partial charge on any atom is 0.407 e. The molecular formula is C24H23N5O5. The fraction of sp³-hybridized carbons (Fsp3) is 0.250. The topological polar surface area (TPSA) is 121 Å².